The lowest BCUT2D eigenvalue weighted by Crippen LogP contribution is -1.99. The van der Waals surface area contributed by atoms with Gasteiger partial charge in [0.2, 0.25) is 5.78 Å². The zero-order chi connectivity index (χ0) is 25.6. The molecule has 0 spiro atoms. The molecule has 7 nitrogen and oxygen atoms in total. The average Bonchev–Trinajstić information content (AvgIpc) is 3.23. The van der Waals surface area contributed by atoms with Gasteiger partial charge in [0, 0.05) is 18.1 Å². The third-order valence-electron chi connectivity index (χ3n) is 3.43. The Morgan fingerprint density at radius 3 is 2.12 bits per heavy atom. The highest BCUT2D eigenvalue weighted by Gasteiger charge is 2.14. The summed E-state index contributed by atoms with van der Waals surface area (Å²) in [6.45, 7) is 10.6. The summed E-state index contributed by atoms with van der Waals surface area (Å²) in [6, 6.07) is 9.32. The Bertz CT molecular complexity index is 927. The normalized spacial score (nSPS) is 11.1. The van der Waals surface area contributed by atoms with Crippen LogP contribution in [0.15, 0.2) is 95.2 Å². The van der Waals surface area contributed by atoms with Crippen molar-refractivity contribution >= 4 is 22.5 Å². The van der Waals surface area contributed by atoms with E-state index in [0.29, 0.717) is 11.3 Å². The molecule has 1 aromatic heterocycles. The van der Waals surface area contributed by atoms with Gasteiger partial charge in [-0.3, -0.25) is 9.59 Å². The van der Waals surface area contributed by atoms with Gasteiger partial charge in [-0.2, -0.15) is 0 Å². The van der Waals surface area contributed by atoms with Gasteiger partial charge in [-0.05, 0) is 52.0 Å². The second-order valence-corrected chi connectivity index (χ2v) is 6.12. The standard InChI is InChI=1S/C16H14O2.C5H8O.C4H9NO2.CH4O/c1-3-7-12(8-4-2)16(17)15-11-13-9-5-6-10-14(13)18-15;1-3-4-5(2)6;1-4(6)2-3-7-5;1-2/h3-11H,1H2,2H3;3-4H,1-2H3;2,6H,3,5H2,1H3;2H,1H3/b8-4-,12-7+;4-3+;4-2+;. The number of furan rings is 1. The van der Waals surface area contributed by atoms with Crippen LogP contribution < -0.4 is 5.90 Å². The largest absolute Gasteiger partial charge is 0.513 e. The van der Waals surface area contributed by atoms with Crippen LogP contribution in [0.25, 0.3) is 11.0 Å². The molecule has 33 heavy (non-hydrogen) atoms. The number of aliphatic hydroxyl groups excluding tert-OH is 2. The second-order valence-electron chi connectivity index (χ2n) is 6.12. The van der Waals surface area contributed by atoms with Gasteiger partial charge in [-0.15, -0.1) is 0 Å². The molecule has 0 amide bonds. The molecule has 1 heterocycles. The molecule has 0 bridgehead atoms. The summed E-state index contributed by atoms with van der Waals surface area (Å²) in [5.41, 5.74) is 1.28. The lowest BCUT2D eigenvalue weighted by atomic mass is 10.1. The summed E-state index contributed by atoms with van der Waals surface area (Å²) in [5, 5.41) is 16.3. The van der Waals surface area contributed by atoms with E-state index in [4.69, 9.17) is 14.6 Å². The molecule has 0 unspecified atom stereocenters. The predicted octanol–water partition coefficient (Wildman–Crippen LogP) is 5.40. The van der Waals surface area contributed by atoms with Gasteiger partial charge < -0.3 is 19.5 Å². The van der Waals surface area contributed by atoms with E-state index in [9.17, 15) is 9.59 Å². The number of rotatable bonds is 7. The quantitative estimate of drug-likeness (QED) is 0.167. The van der Waals surface area contributed by atoms with E-state index >= 15 is 0 Å². The first-order valence-electron chi connectivity index (χ1n) is 10.0. The van der Waals surface area contributed by atoms with Gasteiger partial charge in [0.25, 0.3) is 0 Å². The minimum Gasteiger partial charge on any atom is -0.513 e. The highest BCUT2D eigenvalue weighted by atomic mass is 16.6. The van der Waals surface area contributed by atoms with Crippen molar-refractivity contribution in [3.8, 4) is 0 Å². The smallest absolute Gasteiger partial charge is 0.228 e. The van der Waals surface area contributed by atoms with Crippen molar-refractivity contribution < 1.29 is 29.1 Å². The van der Waals surface area contributed by atoms with E-state index in [1.54, 1.807) is 37.3 Å². The van der Waals surface area contributed by atoms with Gasteiger partial charge in [0.15, 0.2) is 11.5 Å². The minimum absolute atomic E-state index is 0.109. The molecule has 2 rings (SSSR count). The van der Waals surface area contributed by atoms with Crippen LogP contribution in [0, 0.1) is 0 Å². The summed E-state index contributed by atoms with van der Waals surface area (Å²) >= 11 is 0. The Morgan fingerprint density at radius 1 is 1.12 bits per heavy atom. The fraction of sp³-hybridized carbons (Fsp3) is 0.231. The van der Waals surface area contributed by atoms with E-state index < -0.39 is 0 Å². The number of fused-ring (bicyclic) bond motifs is 1. The number of para-hydroxylation sites is 1. The molecule has 0 aliphatic heterocycles. The Balaban J connectivity index is 0. The third-order valence-corrected chi connectivity index (χ3v) is 3.43. The molecule has 1 aromatic carbocycles. The van der Waals surface area contributed by atoms with Crippen molar-refractivity contribution in [3.05, 3.63) is 96.5 Å². The summed E-state index contributed by atoms with van der Waals surface area (Å²) in [6.07, 6.45) is 11.6. The molecular formula is C26H35NO6. The number of ketones is 2. The minimum atomic E-state index is -0.135. The Labute approximate surface area is 195 Å². The Morgan fingerprint density at radius 2 is 1.73 bits per heavy atom. The highest BCUT2D eigenvalue weighted by molar-refractivity contribution is 6.10. The SMILES string of the molecule is C/C(O)=C\CON.C/C=C/C(C)=O.C=C/C=C(\C=C/C)C(=O)c1cc2ccccc2o1.CO. The predicted molar refractivity (Wildman–Crippen MR) is 134 cm³/mol. The Kier molecular flexibility index (Phi) is 19.6. The topological polar surface area (TPSA) is 123 Å². The summed E-state index contributed by atoms with van der Waals surface area (Å²) in [4.78, 5) is 26.3. The molecule has 0 aliphatic carbocycles. The van der Waals surface area contributed by atoms with Gasteiger partial charge in [-0.1, -0.05) is 55.2 Å². The number of hydrogen-bond donors (Lipinski definition) is 3. The van der Waals surface area contributed by atoms with Crippen molar-refractivity contribution in [1.29, 1.82) is 0 Å². The number of hydrogen-bond acceptors (Lipinski definition) is 7. The second kappa shape index (κ2) is 20.4. The number of allylic oxidation sites excluding steroid dienone is 8. The van der Waals surface area contributed by atoms with Crippen LogP contribution in [0.4, 0.5) is 0 Å². The molecular weight excluding hydrogens is 422 g/mol. The molecule has 0 saturated carbocycles. The first-order chi connectivity index (χ1) is 15.8. The molecule has 4 N–H and O–H groups in total. The summed E-state index contributed by atoms with van der Waals surface area (Å²) in [7, 11) is 1.00. The van der Waals surface area contributed by atoms with E-state index in [-0.39, 0.29) is 23.9 Å². The summed E-state index contributed by atoms with van der Waals surface area (Å²) < 4.78 is 5.54. The zero-order valence-corrected chi connectivity index (χ0v) is 19.9. The average molecular weight is 458 g/mol. The van der Waals surface area contributed by atoms with Gasteiger partial charge in [0.1, 0.15) is 5.58 Å². The van der Waals surface area contributed by atoms with Crippen LogP contribution >= 0.6 is 0 Å². The highest BCUT2D eigenvalue weighted by Crippen LogP contribution is 2.21. The molecule has 0 aliphatic rings. The van der Waals surface area contributed by atoms with Crippen molar-refractivity contribution in [1.82, 2.24) is 0 Å². The maximum atomic E-state index is 12.2. The lowest BCUT2D eigenvalue weighted by Gasteiger charge is -1.96. The van der Waals surface area contributed by atoms with Crippen LogP contribution in [0.5, 0.6) is 0 Å². The molecule has 0 radical (unpaired) electrons. The number of nitrogens with two attached hydrogens (primary N) is 1. The number of Topliss-reactive ketones (excluding diaryl/α,β-unsaturated/α-hetero) is 1. The van der Waals surface area contributed by atoms with Crippen LogP contribution in [-0.4, -0.2) is 35.5 Å². The fourth-order valence-electron chi connectivity index (χ4n) is 2.15. The van der Waals surface area contributed by atoms with Gasteiger partial charge in [-0.25, -0.2) is 5.90 Å². The first-order valence-corrected chi connectivity index (χ1v) is 10.0. The number of benzene rings is 1. The third kappa shape index (κ3) is 15.0. The summed E-state index contributed by atoms with van der Waals surface area (Å²) in [5.74, 6) is 5.17. The van der Waals surface area contributed by atoms with Gasteiger partial charge >= 0.3 is 0 Å². The van der Waals surface area contributed by atoms with E-state index in [0.717, 1.165) is 18.1 Å². The maximum Gasteiger partial charge on any atom is 0.228 e. The van der Waals surface area contributed by atoms with E-state index in [2.05, 4.69) is 17.3 Å². The fourth-order valence-corrected chi connectivity index (χ4v) is 2.15. The molecule has 180 valence electrons. The number of aliphatic hydroxyl groups is 2. The lowest BCUT2D eigenvalue weighted by molar-refractivity contribution is -0.112. The number of carbonyl (C=O) groups is 2. The molecule has 0 fully saturated rings. The first kappa shape index (κ1) is 31.7. The maximum absolute atomic E-state index is 12.2. The monoisotopic (exact) mass is 457 g/mol. The molecule has 0 saturated heterocycles. The Hall–Kier alpha value is -3.52. The molecule has 7 heteroatoms. The van der Waals surface area contributed by atoms with Crippen LogP contribution in [0.1, 0.15) is 38.2 Å². The van der Waals surface area contributed by atoms with E-state index in [1.807, 2.05) is 44.2 Å². The van der Waals surface area contributed by atoms with Crippen LogP contribution in [-0.2, 0) is 9.63 Å². The van der Waals surface area contributed by atoms with E-state index in [1.165, 1.54) is 19.1 Å². The van der Waals surface area contributed by atoms with Crippen molar-refractivity contribution in [2.45, 2.75) is 27.7 Å². The molecule has 0 atom stereocenters. The number of carbonyl (C=O) groups excluding carboxylic acids is 2. The van der Waals surface area contributed by atoms with Crippen LogP contribution in [0.3, 0.4) is 0 Å². The zero-order valence-electron chi connectivity index (χ0n) is 19.9. The van der Waals surface area contributed by atoms with Crippen molar-refractivity contribution in [2.75, 3.05) is 13.7 Å². The molecule has 2 aromatic rings. The van der Waals surface area contributed by atoms with Crippen LogP contribution in [0.2, 0.25) is 0 Å². The van der Waals surface area contributed by atoms with Crippen molar-refractivity contribution in [2.24, 2.45) is 5.90 Å². The van der Waals surface area contributed by atoms with Crippen molar-refractivity contribution in [3.63, 3.8) is 0 Å². The van der Waals surface area contributed by atoms with Gasteiger partial charge in [0.05, 0.1) is 12.4 Å².